The molecule has 0 spiro atoms. The Bertz CT molecular complexity index is 358. The van der Waals surface area contributed by atoms with E-state index in [-0.39, 0.29) is 24.1 Å². The molecular formula is C9H12ClIN2O2. The first-order valence-corrected chi connectivity index (χ1v) is 5.13. The van der Waals surface area contributed by atoms with Gasteiger partial charge >= 0.3 is 0 Å². The number of hydrogen-bond acceptors (Lipinski definition) is 3. The number of phenols is 1. The molecule has 15 heavy (non-hydrogen) atoms. The Hall–Kier alpha value is -0.530. The van der Waals surface area contributed by atoms with Gasteiger partial charge < -0.3 is 16.2 Å². The van der Waals surface area contributed by atoms with Gasteiger partial charge in [-0.2, -0.15) is 0 Å². The van der Waals surface area contributed by atoms with Crippen LogP contribution in [0.2, 0.25) is 0 Å². The van der Waals surface area contributed by atoms with Crippen LogP contribution in [0, 0.1) is 3.57 Å². The minimum Gasteiger partial charge on any atom is -0.506 e. The van der Waals surface area contributed by atoms with Crippen molar-refractivity contribution in [1.29, 1.82) is 0 Å². The average Bonchev–Trinajstić information content (AvgIpc) is 2.11. The molecule has 0 aliphatic rings. The fourth-order valence-corrected chi connectivity index (χ4v) is 1.35. The highest BCUT2D eigenvalue weighted by molar-refractivity contribution is 14.1. The zero-order valence-electron chi connectivity index (χ0n) is 8.03. The lowest BCUT2D eigenvalue weighted by Crippen LogP contribution is -2.32. The molecule has 0 aliphatic carbocycles. The monoisotopic (exact) mass is 342 g/mol. The largest absolute Gasteiger partial charge is 0.506 e. The van der Waals surface area contributed by atoms with E-state index in [0.29, 0.717) is 5.69 Å². The van der Waals surface area contributed by atoms with Gasteiger partial charge in [0, 0.05) is 3.57 Å². The second-order valence-electron chi connectivity index (χ2n) is 2.94. The van der Waals surface area contributed by atoms with E-state index in [1.165, 1.54) is 6.07 Å². The summed E-state index contributed by atoms with van der Waals surface area (Å²) in [5, 5.41) is 11.9. The van der Waals surface area contributed by atoms with Crippen molar-refractivity contribution in [2.75, 3.05) is 5.32 Å². The van der Waals surface area contributed by atoms with Gasteiger partial charge in [-0.05, 0) is 47.7 Å². The van der Waals surface area contributed by atoms with Crippen LogP contribution in [0.1, 0.15) is 6.92 Å². The second kappa shape index (κ2) is 6.14. The maximum Gasteiger partial charge on any atom is 0.241 e. The molecule has 0 bridgehead atoms. The molecule has 6 heteroatoms. The Labute approximate surface area is 108 Å². The van der Waals surface area contributed by atoms with Crippen LogP contribution in [-0.4, -0.2) is 17.1 Å². The maximum atomic E-state index is 11.2. The Morgan fingerprint density at radius 1 is 1.60 bits per heavy atom. The number of carbonyl (C=O) groups is 1. The molecule has 1 atom stereocenters. The van der Waals surface area contributed by atoms with Gasteiger partial charge in [0.05, 0.1) is 11.7 Å². The van der Waals surface area contributed by atoms with Crippen molar-refractivity contribution in [2.24, 2.45) is 5.73 Å². The molecule has 0 unspecified atom stereocenters. The van der Waals surface area contributed by atoms with Gasteiger partial charge in [-0.3, -0.25) is 4.79 Å². The molecule has 0 aromatic heterocycles. The molecule has 0 saturated heterocycles. The highest BCUT2D eigenvalue weighted by Gasteiger charge is 2.10. The number of halogens is 2. The summed E-state index contributed by atoms with van der Waals surface area (Å²) < 4.78 is 0.931. The first-order valence-electron chi connectivity index (χ1n) is 4.05. The minimum absolute atomic E-state index is 0. The number of carbonyl (C=O) groups excluding carboxylic acids is 1. The standard InChI is InChI=1S/C9H11IN2O2.ClH/c1-5(11)9(14)12-7-4-6(10)2-3-8(7)13;/h2-5,13H,11H2,1H3,(H,12,14);1H/t5-;/m1./s1. The molecule has 1 rings (SSSR count). The third-order valence-electron chi connectivity index (χ3n) is 1.63. The van der Waals surface area contributed by atoms with Crippen molar-refractivity contribution < 1.29 is 9.90 Å². The van der Waals surface area contributed by atoms with E-state index >= 15 is 0 Å². The molecule has 4 N–H and O–H groups in total. The Morgan fingerprint density at radius 3 is 2.73 bits per heavy atom. The van der Waals surface area contributed by atoms with Crippen LogP contribution in [0.5, 0.6) is 5.75 Å². The number of benzene rings is 1. The van der Waals surface area contributed by atoms with E-state index in [1.807, 2.05) is 0 Å². The predicted molar refractivity (Wildman–Crippen MR) is 70.4 cm³/mol. The average molecular weight is 343 g/mol. The van der Waals surface area contributed by atoms with Crippen molar-refractivity contribution in [3.63, 3.8) is 0 Å². The molecule has 1 amide bonds. The predicted octanol–water partition coefficient (Wildman–Crippen LogP) is 1.70. The summed E-state index contributed by atoms with van der Waals surface area (Å²) in [5.74, 6) is -0.276. The summed E-state index contributed by atoms with van der Waals surface area (Å²) in [7, 11) is 0. The third-order valence-corrected chi connectivity index (χ3v) is 2.30. The molecule has 0 saturated carbocycles. The van der Waals surface area contributed by atoms with E-state index in [2.05, 4.69) is 27.9 Å². The van der Waals surface area contributed by atoms with Crippen LogP contribution in [-0.2, 0) is 4.79 Å². The first-order chi connectivity index (χ1) is 6.50. The third kappa shape index (κ3) is 4.23. The normalized spacial score (nSPS) is 11.4. The Kier molecular flexibility index (Phi) is 5.92. The lowest BCUT2D eigenvalue weighted by molar-refractivity contribution is -0.117. The molecule has 0 fully saturated rings. The van der Waals surface area contributed by atoms with Crippen molar-refractivity contribution in [3.8, 4) is 5.75 Å². The summed E-state index contributed by atoms with van der Waals surface area (Å²) >= 11 is 2.09. The van der Waals surface area contributed by atoms with E-state index in [4.69, 9.17) is 5.73 Å². The van der Waals surface area contributed by atoms with Crippen molar-refractivity contribution in [3.05, 3.63) is 21.8 Å². The van der Waals surface area contributed by atoms with Crippen LogP contribution in [0.15, 0.2) is 18.2 Å². The molecule has 84 valence electrons. The van der Waals surface area contributed by atoms with E-state index < -0.39 is 6.04 Å². The lowest BCUT2D eigenvalue weighted by atomic mass is 10.2. The quantitative estimate of drug-likeness (QED) is 0.566. The molecule has 1 aromatic rings. The van der Waals surface area contributed by atoms with Gasteiger partial charge in [-0.1, -0.05) is 0 Å². The first kappa shape index (κ1) is 14.5. The van der Waals surface area contributed by atoms with Gasteiger partial charge in [0.25, 0.3) is 0 Å². The summed E-state index contributed by atoms with van der Waals surface area (Å²) in [6.07, 6.45) is 0. The number of rotatable bonds is 2. The van der Waals surface area contributed by atoms with Gasteiger partial charge in [0.1, 0.15) is 5.75 Å². The Morgan fingerprint density at radius 2 is 2.20 bits per heavy atom. The van der Waals surface area contributed by atoms with Crippen molar-refractivity contribution in [1.82, 2.24) is 0 Å². The fourth-order valence-electron chi connectivity index (χ4n) is 0.855. The van der Waals surface area contributed by atoms with Gasteiger partial charge in [-0.15, -0.1) is 12.4 Å². The summed E-state index contributed by atoms with van der Waals surface area (Å²) in [6.45, 7) is 1.58. The number of phenolic OH excluding ortho intramolecular Hbond substituents is 1. The van der Waals surface area contributed by atoms with Crippen LogP contribution < -0.4 is 11.1 Å². The molecular weight excluding hydrogens is 330 g/mol. The molecule has 0 aliphatic heterocycles. The van der Waals surface area contributed by atoms with Gasteiger partial charge in [-0.25, -0.2) is 0 Å². The smallest absolute Gasteiger partial charge is 0.241 e. The number of nitrogens with two attached hydrogens (primary N) is 1. The van der Waals surface area contributed by atoms with Crippen LogP contribution in [0.25, 0.3) is 0 Å². The summed E-state index contributed by atoms with van der Waals surface area (Å²) in [6, 6.07) is 4.36. The highest BCUT2D eigenvalue weighted by atomic mass is 127. The molecule has 0 radical (unpaired) electrons. The van der Waals surface area contributed by atoms with Crippen LogP contribution in [0.3, 0.4) is 0 Å². The molecule has 4 nitrogen and oxygen atoms in total. The number of aromatic hydroxyl groups is 1. The minimum atomic E-state index is -0.590. The highest BCUT2D eigenvalue weighted by Crippen LogP contribution is 2.24. The molecule has 1 aromatic carbocycles. The molecule has 0 heterocycles. The number of nitrogens with one attached hydrogen (secondary N) is 1. The fraction of sp³-hybridized carbons (Fsp3) is 0.222. The van der Waals surface area contributed by atoms with Crippen LogP contribution in [0.4, 0.5) is 5.69 Å². The summed E-state index contributed by atoms with van der Waals surface area (Å²) in [5.41, 5.74) is 5.76. The topological polar surface area (TPSA) is 75.4 Å². The SMILES string of the molecule is C[C@@H](N)C(=O)Nc1cc(I)ccc1O.Cl. The van der Waals surface area contributed by atoms with E-state index in [0.717, 1.165) is 3.57 Å². The van der Waals surface area contributed by atoms with Crippen molar-refractivity contribution in [2.45, 2.75) is 13.0 Å². The zero-order chi connectivity index (χ0) is 10.7. The van der Waals surface area contributed by atoms with E-state index in [9.17, 15) is 9.90 Å². The summed E-state index contributed by atoms with van der Waals surface area (Å²) in [4.78, 5) is 11.2. The maximum absolute atomic E-state index is 11.2. The zero-order valence-corrected chi connectivity index (χ0v) is 11.0. The number of amides is 1. The lowest BCUT2D eigenvalue weighted by Gasteiger charge is -2.09. The number of anilines is 1. The Balaban J connectivity index is 0.00000196. The number of hydrogen-bond donors (Lipinski definition) is 3. The van der Waals surface area contributed by atoms with E-state index in [1.54, 1.807) is 19.1 Å². The van der Waals surface area contributed by atoms with Crippen molar-refractivity contribution >= 4 is 46.6 Å². The van der Waals surface area contributed by atoms with Gasteiger partial charge in [0.15, 0.2) is 0 Å². The van der Waals surface area contributed by atoms with Gasteiger partial charge in [0.2, 0.25) is 5.91 Å². The second-order valence-corrected chi connectivity index (χ2v) is 4.19. The van der Waals surface area contributed by atoms with Crippen LogP contribution >= 0.6 is 35.0 Å².